The highest BCUT2D eigenvalue weighted by Gasteiger charge is 2.30. The van der Waals surface area contributed by atoms with Gasteiger partial charge in [0.2, 0.25) is 5.95 Å². The molecular weight excluding hydrogens is 259 g/mol. The molecule has 0 amide bonds. The molecule has 2 unspecified atom stereocenters. The van der Waals surface area contributed by atoms with Gasteiger partial charge < -0.3 is 10.5 Å². The summed E-state index contributed by atoms with van der Waals surface area (Å²) in [5.74, 6) is 2.09. The lowest BCUT2D eigenvalue weighted by Crippen LogP contribution is -2.27. The number of nitrogen functional groups attached to an aromatic ring is 1. The SMILES string of the molecule is COc1ccc(F)cc1C1Cn2nc(N)nc2CC1C. The second kappa shape index (κ2) is 4.77. The predicted molar refractivity (Wildman–Crippen MR) is 73.0 cm³/mol. The number of nitrogens with zero attached hydrogens (tertiary/aromatic N) is 3. The summed E-state index contributed by atoms with van der Waals surface area (Å²) in [4.78, 5) is 4.21. The van der Waals surface area contributed by atoms with Crippen molar-refractivity contribution in [2.24, 2.45) is 5.92 Å². The molecule has 2 heterocycles. The van der Waals surface area contributed by atoms with E-state index < -0.39 is 0 Å². The number of nitrogens with two attached hydrogens (primary N) is 1. The minimum atomic E-state index is -0.253. The fourth-order valence-electron chi connectivity index (χ4n) is 2.89. The maximum atomic E-state index is 13.6. The average molecular weight is 276 g/mol. The molecule has 0 fully saturated rings. The Kier molecular flexibility index (Phi) is 3.08. The van der Waals surface area contributed by atoms with Crippen LogP contribution in [0.2, 0.25) is 0 Å². The summed E-state index contributed by atoms with van der Waals surface area (Å²) in [5.41, 5.74) is 6.52. The van der Waals surface area contributed by atoms with Gasteiger partial charge in [-0.2, -0.15) is 4.98 Å². The first kappa shape index (κ1) is 12.9. The molecule has 2 atom stereocenters. The van der Waals surface area contributed by atoms with Crippen LogP contribution in [0, 0.1) is 11.7 Å². The topological polar surface area (TPSA) is 66.0 Å². The van der Waals surface area contributed by atoms with Gasteiger partial charge >= 0.3 is 0 Å². The van der Waals surface area contributed by atoms with Crippen LogP contribution in [0.4, 0.5) is 10.3 Å². The van der Waals surface area contributed by atoms with E-state index in [0.717, 1.165) is 17.8 Å². The zero-order valence-electron chi connectivity index (χ0n) is 11.5. The van der Waals surface area contributed by atoms with Crippen LogP contribution in [-0.4, -0.2) is 21.9 Å². The molecule has 0 spiro atoms. The van der Waals surface area contributed by atoms with Crippen molar-refractivity contribution >= 4 is 5.95 Å². The summed E-state index contributed by atoms with van der Waals surface area (Å²) >= 11 is 0. The smallest absolute Gasteiger partial charge is 0.239 e. The van der Waals surface area contributed by atoms with Gasteiger partial charge in [-0.3, -0.25) is 0 Å². The molecule has 0 radical (unpaired) electrons. The third kappa shape index (κ3) is 2.11. The van der Waals surface area contributed by atoms with E-state index >= 15 is 0 Å². The number of aromatic nitrogens is 3. The van der Waals surface area contributed by atoms with Crippen LogP contribution in [0.15, 0.2) is 18.2 Å². The second-order valence-corrected chi connectivity index (χ2v) is 5.24. The Bertz CT molecular complexity index is 640. The van der Waals surface area contributed by atoms with E-state index in [1.54, 1.807) is 19.2 Å². The van der Waals surface area contributed by atoms with E-state index in [-0.39, 0.29) is 11.7 Å². The number of hydrogen-bond acceptors (Lipinski definition) is 4. The van der Waals surface area contributed by atoms with Crippen molar-refractivity contribution in [3.05, 3.63) is 35.4 Å². The van der Waals surface area contributed by atoms with Crippen molar-refractivity contribution in [2.45, 2.75) is 25.8 Å². The van der Waals surface area contributed by atoms with Crippen LogP contribution in [0.3, 0.4) is 0 Å². The molecule has 1 aliphatic rings. The lowest BCUT2D eigenvalue weighted by Gasteiger charge is -2.30. The zero-order chi connectivity index (χ0) is 14.3. The molecule has 1 aromatic carbocycles. The van der Waals surface area contributed by atoms with Crippen LogP contribution in [-0.2, 0) is 13.0 Å². The standard InChI is InChI=1S/C14H17FN4O/c1-8-5-13-17-14(16)18-19(13)7-11(8)10-6-9(15)3-4-12(10)20-2/h3-4,6,8,11H,5,7H2,1-2H3,(H2,16,18). The number of hydrogen-bond donors (Lipinski definition) is 1. The Morgan fingerprint density at radius 3 is 3.00 bits per heavy atom. The monoisotopic (exact) mass is 276 g/mol. The lowest BCUT2D eigenvalue weighted by atomic mass is 9.82. The average Bonchev–Trinajstić information content (AvgIpc) is 2.76. The molecule has 106 valence electrons. The Balaban J connectivity index is 2.00. The number of benzene rings is 1. The number of ether oxygens (including phenoxy) is 1. The van der Waals surface area contributed by atoms with Gasteiger partial charge in [0, 0.05) is 17.9 Å². The Morgan fingerprint density at radius 2 is 2.25 bits per heavy atom. The fourth-order valence-corrected chi connectivity index (χ4v) is 2.89. The molecule has 3 rings (SSSR count). The molecule has 0 saturated carbocycles. The minimum Gasteiger partial charge on any atom is -0.496 e. The first-order valence-electron chi connectivity index (χ1n) is 6.61. The lowest BCUT2D eigenvalue weighted by molar-refractivity contribution is 0.316. The Morgan fingerprint density at radius 1 is 1.45 bits per heavy atom. The number of fused-ring (bicyclic) bond motifs is 1. The van der Waals surface area contributed by atoms with Gasteiger partial charge in [-0.05, 0) is 24.1 Å². The van der Waals surface area contributed by atoms with Crippen molar-refractivity contribution < 1.29 is 9.13 Å². The molecule has 0 bridgehead atoms. The molecular formula is C14H17FN4O. The molecule has 2 N–H and O–H groups in total. The number of rotatable bonds is 2. The van der Waals surface area contributed by atoms with E-state index in [9.17, 15) is 4.39 Å². The summed E-state index contributed by atoms with van der Waals surface area (Å²) in [5, 5.41) is 4.19. The third-order valence-electron chi connectivity index (χ3n) is 3.92. The first-order valence-corrected chi connectivity index (χ1v) is 6.61. The molecule has 2 aromatic rings. The van der Waals surface area contributed by atoms with Crippen molar-refractivity contribution in [1.29, 1.82) is 0 Å². The summed E-state index contributed by atoms with van der Waals surface area (Å²) in [7, 11) is 1.60. The van der Waals surface area contributed by atoms with Crippen molar-refractivity contribution in [3.8, 4) is 5.75 Å². The number of methoxy groups -OCH3 is 1. The van der Waals surface area contributed by atoms with E-state index in [4.69, 9.17) is 10.5 Å². The van der Waals surface area contributed by atoms with Crippen molar-refractivity contribution in [1.82, 2.24) is 14.8 Å². The second-order valence-electron chi connectivity index (χ2n) is 5.24. The maximum absolute atomic E-state index is 13.6. The van der Waals surface area contributed by atoms with Gasteiger partial charge in [-0.15, -0.1) is 5.10 Å². The highest BCUT2D eigenvalue weighted by molar-refractivity contribution is 5.38. The largest absolute Gasteiger partial charge is 0.496 e. The van der Waals surface area contributed by atoms with Crippen LogP contribution in [0.1, 0.15) is 24.2 Å². The van der Waals surface area contributed by atoms with Crippen LogP contribution < -0.4 is 10.5 Å². The molecule has 6 heteroatoms. The quantitative estimate of drug-likeness (QED) is 0.911. The third-order valence-corrected chi connectivity index (χ3v) is 3.92. The molecule has 0 saturated heterocycles. The van der Waals surface area contributed by atoms with Gasteiger partial charge in [0.1, 0.15) is 17.4 Å². The van der Waals surface area contributed by atoms with Crippen LogP contribution >= 0.6 is 0 Å². The van der Waals surface area contributed by atoms with Crippen LogP contribution in [0.5, 0.6) is 5.75 Å². The van der Waals surface area contributed by atoms with Gasteiger partial charge in [0.25, 0.3) is 0 Å². The highest BCUT2D eigenvalue weighted by Crippen LogP contribution is 2.37. The van der Waals surface area contributed by atoms with Gasteiger partial charge in [0.15, 0.2) is 0 Å². The summed E-state index contributed by atoms with van der Waals surface area (Å²) in [6, 6.07) is 4.63. The summed E-state index contributed by atoms with van der Waals surface area (Å²) < 4.78 is 20.7. The van der Waals surface area contributed by atoms with Gasteiger partial charge in [0.05, 0.1) is 13.7 Å². The number of anilines is 1. The minimum absolute atomic E-state index is 0.134. The molecule has 1 aliphatic heterocycles. The molecule has 0 aliphatic carbocycles. The van der Waals surface area contributed by atoms with E-state index in [2.05, 4.69) is 17.0 Å². The van der Waals surface area contributed by atoms with E-state index in [1.807, 2.05) is 4.68 Å². The normalized spacial score (nSPS) is 21.6. The predicted octanol–water partition coefficient (Wildman–Crippen LogP) is 1.98. The van der Waals surface area contributed by atoms with Gasteiger partial charge in [-0.25, -0.2) is 9.07 Å². The number of halogens is 1. The Labute approximate surface area is 116 Å². The fraction of sp³-hybridized carbons (Fsp3) is 0.429. The first-order chi connectivity index (χ1) is 9.58. The highest BCUT2D eigenvalue weighted by atomic mass is 19.1. The summed E-state index contributed by atoms with van der Waals surface area (Å²) in [6.45, 7) is 2.77. The molecule has 1 aromatic heterocycles. The summed E-state index contributed by atoms with van der Waals surface area (Å²) in [6.07, 6.45) is 0.772. The van der Waals surface area contributed by atoms with E-state index in [1.165, 1.54) is 6.07 Å². The molecule has 5 nitrogen and oxygen atoms in total. The Hall–Kier alpha value is -2.11. The van der Waals surface area contributed by atoms with E-state index in [0.29, 0.717) is 24.2 Å². The van der Waals surface area contributed by atoms with Crippen LogP contribution in [0.25, 0.3) is 0 Å². The molecule has 20 heavy (non-hydrogen) atoms. The maximum Gasteiger partial charge on any atom is 0.239 e. The van der Waals surface area contributed by atoms with Gasteiger partial charge in [-0.1, -0.05) is 6.92 Å². The van der Waals surface area contributed by atoms with Crippen molar-refractivity contribution in [2.75, 3.05) is 12.8 Å². The van der Waals surface area contributed by atoms with Crippen molar-refractivity contribution in [3.63, 3.8) is 0 Å². The zero-order valence-corrected chi connectivity index (χ0v) is 11.5.